The molecule has 0 aliphatic carbocycles. The first kappa shape index (κ1) is 12.0. The molecule has 0 spiro atoms. The van der Waals surface area contributed by atoms with Gasteiger partial charge < -0.3 is 16.4 Å². The lowest BCUT2D eigenvalue weighted by Crippen LogP contribution is -1.61. The van der Waals surface area contributed by atoms with Gasteiger partial charge in [-0.3, -0.25) is 0 Å². The van der Waals surface area contributed by atoms with Crippen LogP contribution in [-0.2, 0) is 0 Å². The third-order valence-corrected chi connectivity index (χ3v) is 0.850. The van der Waals surface area contributed by atoms with Gasteiger partial charge in [-0.2, -0.15) is 0 Å². The van der Waals surface area contributed by atoms with Crippen LogP contribution >= 0.6 is 17.0 Å². The van der Waals surface area contributed by atoms with Gasteiger partial charge >= 0.3 is 0 Å². The van der Waals surface area contributed by atoms with Crippen LogP contribution in [0.4, 0.5) is 0 Å². The Morgan fingerprint density at radius 3 is 1.20 bits per heavy atom. The summed E-state index contributed by atoms with van der Waals surface area (Å²) in [6.45, 7) is 0. The molecule has 0 unspecified atom stereocenters. The summed E-state index contributed by atoms with van der Waals surface area (Å²) < 4.78 is 0. The van der Waals surface area contributed by atoms with Gasteiger partial charge in [-0.15, -0.1) is 17.0 Å². The monoisotopic (exact) mass is 207 g/mol. The van der Waals surface area contributed by atoms with Gasteiger partial charge in [0.05, 0.1) is 0 Å². The van der Waals surface area contributed by atoms with Crippen molar-refractivity contribution in [3.63, 3.8) is 0 Å². The van der Waals surface area contributed by atoms with Crippen LogP contribution in [0.1, 0.15) is 0 Å². The van der Waals surface area contributed by atoms with Crippen molar-refractivity contribution in [3.8, 4) is 11.5 Å². The summed E-state index contributed by atoms with van der Waals surface area (Å²) in [7, 11) is 0. The van der Waals surface area contributed by atoms with Gasteiger partial charge in [-0.1, -0.05) is 0 Å². The van der Waals surface area contributed by atoms with Gasteiger partial charge in [0, 0.05) is 0 Å². The molecule has 0 saturated carbocycles. The van der Waals surface area contributed by atoms with Gasteiger partial charge in [-0.05, 0) is 24.3 Å². The lowest BCUT2D eigenvalue weighted by atomic mass is 10.3. The van der Waals surface area contributed by atoms with Gasteiger partial charge in [0.15, 0.2) is 0 Å². The number of hydrogen-bond donors (Lipinski definition) is 3. The van der Waals surface area contributed by atoms with Crippen molar-refractivity contribution in [2.45, 2.75) is 0 Å². The van der Waals surface area contributed by atoms with Crippen LogP contribution in [0.3, 0.4) is 0 Å². The second-order valence-electron chi connectivity index (χ2n) is 1.52. The molecule has 3 nitrogen and oxygen atoms in total. The molecule has 58 valence electrons. The molecule has 1 aromatic rings. The van der Waals surface area contributed by atoms with Crippen molar-refractivity contribution in [2.75, 3.05) is 0 Å². The van der Waals surface area contributed by atoms with Gasteiger partial charge in [0.25, 0.3) is 0 Å². The number of benzene rings is 1. The van der Waals surface area contributed by atoms with Crippen LogP contribution < -0.4 is 6.15 Å². The number of aromatic hydroxyl groups is 2. The Kier molecular flexibility index (Phi) is 6.09. The highest BCUT2D eigenvalue weighted by atomic mass is 79.9. The molecular weight excluding hydrogens is 198 g/mol. The fourth-order valence-corrected chi connectivity index (χ4v) is 0.453. The van der Waals surface area contributed by atoms with E-state index in [2.05, 4.69) is 0 Å². The van der Waals surface area contributed by atoms with E-state index in [1.807, 2.05) is 0 Å². The molecule has 0 heterocycles. The first-order valence-electron chi connectivity index (χ1n) is 2.27. The topological polar surface area (TPSA) is 75.5 Å². The van der Waals surface area contributed by atoms with Crippen LogP contribution in [0.2, 0.25) is 0 Å². The van der Waals surface area contributed by atoms with E-state index in [4.69, 9.17) is 10.2 Å². The molecular formula is C6H10BrNO2. The summed E-state index contributed by atoms with van der Waals surface area (Å²) in [6.07, 6.45) is 0. The number of phenolic OH excluding ortho intramolecular Hbond substituents is 2. The molecule has 1 rings (SSSR count). The molecule has 0 aliphatic rings. The molecule has 4 heteroatoms. The standard InChI is InChI=1S/C6H6O2.BrH.H3N/c7-5-1-2-6(8)4-3-5;;/h1-4,7-8H;1H;1H3. The second kappa shape index (κ2) is 5.08. The highest BCUT2D eigenvalue weighted by molar-refractivity contribution is 8.93. The molecule has 0 amide bonds. The van der Waals surface area contributed by atoms with Crippen molar-refractivity contribution >= 4 is 17.0 Å². The molecule has 0 bridgehead atoms. The molecule has 0 radical (unpaired) electrons. The van der Waals surface area contributed by atoms with Gasteiger partial charge in [0.1, 0.15) is 11.5 Å². The van der Waals surface area contributed by atoms with E-state index in [9.17, 15) is 0 Å². The normalized spacial score (nSPS) is 7.20. The Bertz CT molecular complexity index is 155. The zero-order valence-electron chi connectivity index (χ0n) is 5.32. The smallest absolute Gasteiger partial charge is 0.115 e. The molecule has 0 saturated heterocycles. The molecule has 0 aromatic heterocycles. The minimum absolute atomic E-state index is 0. The number of halogens is 1. The van der Waals surface area contributed by atoms with Crippen molar-refractivity contribution in [1.29, 1.82) is 0 Å². The fourth-order valence-electron chi connectivity index (χ4n) is 0.453. The minimum Gasteiger partial charge on any atom is -0.508 e. The van der Waals surface area contributed by atoms with Gasteiger partial charge in [-0.25, -0.2) is 0 Å². The summed E-state index contributed by atoms with van der Waals surface area (Å²) in [6, 6.07) is 5.70. The summed E-state index contributed by atoms with van der Waals surface area (Å²) in [4.78, 5) is 0. The molecule has 0 aliphatic heterocycles. The Morgan fingerprint density at radius 2 is 1.00 bits per heavy atom. The Labute approximate surface area is 69.7 Å². The predicted molar refractivity (Wildman–Crippen MR) is 45.1 cm³/mol. The second-order valence-corrected chi connectivity index (χ2v) is 1.52. The highest BCUT2D eigenvalue weighted by Crippen LogP contribution is 2.13. The maximum Gasteiger partial charge on any atom is 0.115 e. The first-order chi connectivity index (χ1) is 3.79. The average molecular weight is 208 g/mol. The highest BCUT2D eigenvalue weighted by Gasteiger charge is 1.84. The third-order valence-electron chi connectivity index (χ3n) is 0.850. The van der Waals surface area contributed by atoms with Crippen LogP contribution in [0, 0.1) is 0 Å². The van der Waals surface area contributed by atoms with E-state index < -0.39 is 0 Å². The van der Waals surface area contributed by atoms with Crippen molar-refractivity contribution in [3.05, 3.63) is 24.3 Å². The maximum atomic E-state index is 8.65. The zero-order valence-corrected chi connectivity index (χ0v) is 7.03. The SMILES string of the molecule is Br.N.Oc1ccc(O)cc1. The van der Waals surface area contributed by atoms with Crippen molar-refractivity contribution in [1.82, 2.24) is 6.15 Å². The third kappa shape index (κ3) is 3.32. The van der Waals surface area contributed by atoms with E-state index in [1.54, 1.807) is 0 Å². The molecule has 0 fully saturated rings. The fraction of sp³-hybridized carbons (Fsp3) is 0. The Morgan fingerprint density at radius 1 is 0.800 bits per heavy atom. The van der Waals surface area contributed by atoms with Crippen LogP contribution in [0.25, 0.3) is 0 Å². The van der Waals surface area contributed by atoms with E-state index >= 15 is 0 Å². The van der Waals surface area contributed by atoms with E-state index in [1.165, 1.54) is 24.3 Å². The summed E-state index contributed by atoms with van der Waals surface area (Å²) >= 11 is 0. The lowest BCUT2D eigenvalue weighted by Gasteiger charge is -1.88. The number of rotatable bonds is 0. The van der Waals surface area contributed by atoms with Crippen molar-refractivity contribution in [2.24, 2.45) is 0 Å². The maximum absolute atomic E-state index is 8.65. The van der Waals surface area contributed by atoms with E-state index in [0.717, 1.165) is 0 Å². The van der Waals surface area contributed by atoms with Crippen molar-refractivity contribution < 1.29 is 10.2 Å². The minimum atomic E-state index is 0. The summed E-state index contributed by atoms with van der Waals surface area (Å²) in [5.74, 6) is 0.339. The van der Waals surface area contributed by atoms with Crippen LogP contribution in [-0.4, -0.2) is 10.2 Å². The Balaban J connectivity index is 0. The largest absolute Gasteiger partial charge is 0.508 e. The first-order valence-corrected chi connectivity index (χ1v) is 2.27. The number of phenols is 2. The predicted octanol–water partition coefficient (Wildman–Crippen LogP) is 1.84. The molecule has 0 atom stereocenters. The number of hydrogen-bond acceptors (Lipinski definition) is 3. The van der Waals surface area contributed by atoms with E-state index in [0.29, 0.717) is 0 Å². The van der Waals surface area contributed by atoms with Crippen LogP contribution in [0.15, 0.2) is 24.3 Å². The molecule has 10 heavy (non-hydrogen) atoms. The summed E-state index contributed by atoms with van der Waals surface area (Å²) in [5.41, 5.74) is 0. The zero-order chi connectivity index (χ0) is 5.98. The lowest BCUT2D eigenvalue weighted by molar-refractivity contribution is 0.460. The summed E-state index contributed by atoms with van der Waals surface area (Å²) in [5, 5.41) is 17.3. The van der Waals surface area contributed by atoms with Gasteiger partial charge in [0.2, 0.25) is 0 Å². The molecule has 5 N–H and O–H groups in total. The molecule has 1 aromatic carbocycles. The average Bonchev–Trinajstić information content (AvgIpc) is 1.77. The van der Waals surface area contributed by atoms with Crippen LogP contribution in [0.5, 0.6) is 11.5 Å². The quantitative estimate of drug-likeness (QED) is 0.569. The van der Waals surface area contributed by atoms with E-state index in [-0.39, 0.29) is 34.6 Å². The Hall–Kier alpha value is -0.740.